The summed E-state index contributed by atoms with van der Waals surface area (Å²) in [6.45, 7) is 1.36. The predicted octanol–water partition coefficient (Wildman–Crippen LogP) is 1.62. The van der Waals surface area contributed by atoms with Crippen LogP contribution in [-0.4, -0.2) is 32.3 Å². The summed E-state index contributed by atoms with van der Waals surface area (Å²) in [7, 11) is 1.91. The molecule has 1 aromatic rings. The highest BCUT2D eigenvalue weighted by molar-refractivity contribution is 5.90. The lowest BCUT2D eigenvalue weighted by molar-refractivity contribution is 0.178. The van der Waals surface area contributed by atoms with Crippen molar-refractivity contribution in [3.8, 4) is 0 Å². The van der Waals surface area contributed by atoms with Crippen LogP contribution >= 0.6 is 0 Å². The first-order valence-corrected chi connectivity index (χ1v) is 5.48. The van der Waals surface area contributed by atoms with Crippen molar-refractivity contribution in [3.05, 3.63) is 30.3 Å². The monoisotopic (exact) mass is 220 g/mol. The third kappa shape index (κ3) is 2.17. The first-order valence-electron chi connectivity index (χ1n) is 5.48. The van der Waals surface area contributed by atoms with Crippen LogP contribution in [0.4, 0.5) is 10.5 Å². The Morgan fingerprint density at radius 1 is 1.44 bits per heavy atom. The zero-order valence-electron chi connectivity index (χ0n) is 9.35. The van der Waals surface area contributed by atoms with E-state index in [2.05, 4.69) is 5.32 Å². The maximum atomic E-state index is 11.6. The second-order valence-corrected chi connectivity index (χ2v) is 3.83. The molecule has 1 heterocycles. The first-order chi connectivity index (χ1) is 7.83. The minimum atomic E-state index is -0.243. The molecule has 1 aliphatic heterocycles. The number of nitrogens with one attached hydrogen (secondary N) is 1. The van der Waals surface area contributed by atoms with E-state index >= 15 is 0 Å². The molecule has 16 heavy (non-hydrogen) atoms. The molecule has 1 aromatic carbocycles. The third-order valence-corrected chi connectivity index (χ3v) is 2.72. The van der Waals surface area contributed by atoms with Crippen LogP contribution < -0.4 is 10.2 Å². The topological polar surface area (TPSA) is 41.6 Å². The van der Waals surface area contributed by atoms with Crippen molar-refractivity contribution in [2.75, 3.05) is 25.1 Å². The summed E-state index contributed by atoms with van der Waals surface area (Å²) in [6.07, 6.45) is 0.657. The number of para-hydroxylation sites is 1. The molecule has 0 aliphatic carbocycles. The maximum absolute atomic E-state index is 11.6. The normalized spacial score (nSPS) is 19.9. The van der Waals surface area contributed by atoms with Crippen molar-refractivity contribution in [1.29, 1.82) is 0 Å². The Balaban J connectivity index is 2.13. The van der Waals surface area contributed by atoms with Crippen LogP contribution in [0, 0.1) is 0 Å². The van der Waals surface area contributed by atoms with E-state index in [1.165, 1.54) is 0 Å². The highest BCUT2D eigenvalue weighted by atomic mass is 16.6. The molecule has 4 nitrogen and oxygen atoms in total. The van der Waals surface area contributed by atoms with Crippen molar-refractivity contribution in [1.82, 2.24) is 5.32 Å². The molecule has 2 rings (SSSR count). The maximum Gasteiger partial charge on any atom is 0.414 e. The fraction of sp³-hybridized carbons (Fsp3) is 0.417. The molecule has 1 aliphatic rings. The molecular weight excluding hydrogens is 204 g/mol. The predicted molar refractivity (Wildman–Crippen MR) is 62.6 cm³/mol. The molecule has 1 saturated heterocycles. The molecule has 0 aromatic heterocycles. The zero-order chi connectivity index (χ0) is 11.4. The van der Waals surface area contributed by atoms with E-state index in [1.54, 1.807) is 4.90 Å². The number of ether oxygens (including phenoxy) is 1. The van der Waals surface area contributed by atoms with Gasteiger partial charge in [0.05, 0.1) is 6.04 Å². The minimum Gasteiger partial charge on any atom is -0.447 e. The smallest absolute Gasteiger partial charge is 0.414 e. The van der Waals surface area contributed by atoms with E-state index in [0.29, 0.717) is 6.61 Å². The Hall–Kier alpha value is -1.55. The van der Waals surface area contributed by atoms with Crippen molar-refractivity contribution in [2.45, 2.75) is 12.5 Å². The minimum absolute atomic E-state index is 0.141. The van der Waals surface area contributed by atoms with Gasteiger partial charge in [0.15, 0.2) is 0 Å². The highest BCUT2D eigenvalue weighted by Gasteiger charge is 2.33. The van der Waals surface area contributed by atoms with Gasteiger partial charge in [0.25, 0.3) is 0 Å². The average Bonchev–Trinajstić information content (AvgIpc) is 2.69. The van der Waals surface area contributed by atoms with E-state index in [0.717, 1.165) is 18.7 Å². The van der Waals surface area contributed by atoms with Crippen LogP contribution in [0.2, 0.25) is 0 Å². The van der Waals surface area contributed by atoms with E-state index in [-0.39, 0.29) is 12.1 Å². The van der Waals surface area contributed by atoms with Crippen molar-refractivity contribution >= 4 is 11.8 Å². The number of hydrogen-bond donors (Lipinski definition) is 1. The second kappa shape index (κ2) is 4.99. The number of cyclic esters (lactones) is 1. The van der Waals surface area contributed by atoms with Gasteiger partial charge in [0.2, 0.25) is 0 Å². The average molecular weight is 220 g/mol. The van der Waals surface area contributed by atoms with Crippen LogP contribution in [0.3, 0.4) is 0 Å². The zero-order valence-corrected chi connectivity index (χ0v) is 9.35. The van der Waals surface area contributed by atoms with Gasteiger partial charge < -0.3 is 10.1 Å². The summed E-state index contributed by atoms with van der Waals surface area (Å²) in [5.41, 5.74) is 0.908. The fourth-order valence-electron chi connectivity index (χ4n) is 1.89. The molecule has 86 valence electrons. The molecule has 1 fully saturated rings. The largest absolute Gasteiger partial charge is 0.447 e. The standard InChI is InChI=1S/C12H16N2O2/c1-13-8-7-11-9-16-12(15)14(11)10-5-3-2-4-6-10/h2-6,11,13H,7-9H2,1H3. The number of benzene rings is 1. The Morgan fingerprint density at radius 2 is 2.19 bits per heavy atom. The first kappa shape index (κ1) is 11.0. The number of amides is 1. The number of rotatable bonds is 4. The number of carbonyl (C=O) groups is 1. The van der Waals surface area contributed by atoms with Crippen molar-refractivity contribution in [2.24, 2.45) is 0 Å². The molecule has 4 heteroatoms. The molecule has 1 atom stereocenters. The number of carbonyl (C=O) groups excluding carboxylic acids is 1. The quantitative estimate of drug-likeness (QED) is 0.838. The van der Waals surface area contributed by atoms with Gasteiger partial charge in [-0.2, -0.15) is 0 Å². The third-order valence-electron chi connectivity index (χ3n) is 2.72. The van der Waals surface area contributed by atoms with E-state index in [9.17, 15) is 4.79 Å². The highest BCUT2D eigenvalue weighted by Crippen LogP contribution is 2.23. The van der Waals surface area contributed by atoms with Gasteiger partial charge >= 0.3 is 6.09 Å². The van der Waals surface area contributed by atoms with Crippen molar-refractivity contribution < 1.29 is 9.53 Å². The summed E-state index contributed by atoms with van der Waals surface area (Å²) < 4.78 is 5.09. The number of hydrogen-bond acceptors (Lipinski definition) is 3. The summed E-state index contributed by atoms with van der Waals surface area (Å²) in [5.74, 6) is 0. The summed E-state index contributed by atoms with van der Waals surface area (Å²) in [4.78, 5) is 13.4. The van der Waals surface area contributed by atoms with Gasteiger partial charge in [-0.15, -0.1) is 0 Å². The summed E-state index contributed by atoms with van der Waals surface area (Å²) in [5, 5.41) is 3.09. The molecule has 0 saturated carbocycles. The van der Waals surface area contributed by atoms with Crippen LogP contribution in [0.1, 0.15) is 6.42 Å². The number of nitrogens with zero attached hydrogens (tertiary/aromatic N) is 1. The lowest BCUT2D eigenvalue weighted by Gasteiger charge is -2.21. The molecule has 0 bridgehead atoms. The second-order valence-electron chi connectivity index (χ2n) is 3.83. The fourth-order valence-corrected chi connectivity index (χ4v) is 1.89. The van der Waals surface area contributed by atoms with Crippen LogP contribution in [-0.2, 0) is 4.74 Å². The Kier molecular flexibility index (Phi) is 3.41. The molecule has 1 N–H and O–H groups in total. The van der Waals surface area contributed by atoms with Crippen LogP contribution in [0.5, 0.6) is 0 Å². The Labute approximate surface area is 95.2 Å². The lowest BCUT2D eigenvalue weighted by atomic mass is 10.2. The van der Waals surface area contributed by atoms with Crippen molar-refractivity contribution in [3.63, 3.8) is 0 Å². The van der Waals surface area contributed by atoms with E-state index in [1.807, 2.05) is 37.4 Å². The van der Waals surface area contributed by atoms with Gasteiger partial charge in [-0.1, -0.05) is 18.2 Å². The molecule has 1 amide bonds. The number of anilines is 1. The Bertz CT molecular complexity index is 353. The van der Waals surface area contributed by atoms with Gasteiger partial charge in [-0.05, 0) is 32.1 Å². The summed E-state index contributed by atoms with van der Waals surface area (Å²) in [6, 6.07) is 9.79. The lowest BCUT2D eigenvalue weighted by Crippen LogP contribution is -2.35. The van der Waals surface area contributed by atoms with Gasteiger partial charge in [0, 0.05) is 5.69 Å². The molecule has 0 radical (unpaired) electrons. The van der Waals surface area contributed by atoms with Crippen LogP contribution in [0.25, 0.3) is 0 Å². The van der Waals surface area contributed by atoms with Gasteiger partial charge in [-0.3, -0.25) is 4.90 Å². The Morgan fingerprint density at radius 3 is 2.88 bits per heavy atom. The molecule has 0 spiro atoms. The van der Waals surface area contributed by atoms with Crippen LogP contribution in [0.15, 0.2) is 30.3 Å². The van der Waals surface area contributed by atoms with Gasteiger partial charge in [0.1, 0.15) is 6.61 Å². The SMILES string of the molecule is CNCCC1COC(=O)N1c1ccccc1. The van der Waals surface area contributed by atoms with Gasteiger partial charge in [-0.25, -0.2) is 4.79 Å². The molecular formula is C12H16N2O2. The van der Waals surface area contributed by atoms with E-state index < -0.39 is 0 Å². The molecule has 1 unspecified atom stereocenters. The van der Waals surface area contributed by atoms with E-state index in [4.69, 9.17) is 4.74 Å². The summed E-state index contributed by atoms with van der Waals surface area (Å²) >= 11 is 0.